The minimum Gasteiger partial charge on any atom is -0.346 e. The summed E-state index contributed by atoms with van der Waals surface area (Å²) in [5, 5.41) is 3.83. The molecule has 1 amide bonds. The molecule has 0 aliphatic heterocycles. The number of amides is 1. The van der Waals surface area contributed by atoms with Gasteiger partial charge in [0.2, 0.25) is 5.91 Å². The third-order valence-electron chi connectivity index (χ3n) is 5.23. The zero-order valence-electron chi connectivity index (χ0n) is 15.8. The summed E-state index contributed by atoms with van der Waals surface area (Å²) in [4.78, 5) is 19.9. The van der Waals surface area contributed by atoms with Gasteiger partial charge in [-0.15, -0.1) is 0 Å². The number of nitrogens with one attached hydrogen (secondary N) is 2. The molecule has 1 fully saturated rings. The van der Waals surface area contributed by atoms with Gasteiger partial charge in [0.25, 0.3) is 10.1 Å². The number of carbonyl (C=O) groups excluding carboxylic acids is 1. The Hall–Kier alpha value is -2.71. The summed E-state index contributed by atoms with van der Waals surface area (Å²) in [5.74, 6) is 0.151. The minimum absolute atomic E-state index is 0.0167. The highest BCUT2D eigenvalue weighted by molar-refractivity contribution is 7.85. The zero-order chi connectivity index (χ0) is 20.4. The number of hydrogen-bond donors (Lipinski definition) is 3. The Morgan fingerprint density at radius 1 is 1.24 bits per heavy atom. The second-order valence-corrected chi connectivity index (χ2v) is 9.06. The van der Waals surface area contributed by atoms with E-state index in [-0.39, 0.29) is 23.5 Å². The van der Waals surface area contributed by atoms with Crippen molar-refractivity contribution >= 4 is 32.9 Å². The van der Waals surface area contributed by atoms with Crippen molar-refractivity contribution in [2.24, 2.45) is 5.92 Å². The summed E-state index contributed by atoms with van der Waals surface area (Å²) in [6, 6.07) is 13.6. The highest BCUT2D eigenvalue weighted by atomic mass is 32.2. The zero-order valence-corrected chi connectivity index (χ0v) is 16.7. The van der Waals surface area contributed by atoms with E-state index in [1.807, 2.05) is 42.5 Å². The molecule has 1 unspecified atom stereocenters. The van der Waals surface area contributed by atoms with Crippen molar-refractivity contribution in [1.29, 1.82) is 0 Å². The van der Waals surface area contributed by atoms with Gasteiger partial charge in [0.1, 0.15) is 11.5 Å². The molecule has 29 heavy (non-hydrogen) atoms. The van der Waals surface area contributed by atoms with Crippen LogP contribution in [0, 0.1) is 5.92 Å². The number of anilines is 1. The predicted octanol–water partition coefficient (Wildman–Crippen LogP) is 3.71. The Morgan fingerprint density at radius 3 is 2.69 bits per heavy atom. The molecular weight excluding hydrogens is 390 g/mol. The lowest BCUT2D eigenvalue weighted by molar-refractivity contribution is -0.117. The molecule has 2 heterocycles. The largest absolute Gasteiger partial charge is 0.346 e. The molecule has 3 N–H and O–H groups in total. The number of benzene rings is 1. The lowest BCUT2D eigenvalue weighted by atomic mass is 9.86. The number of fused-ring (bicyclic) bond motifs is 1. The highest BCUT2D eigenvalue weighted by Gasteiger charge is 2.30. The molecule has 1 saturated carbocycles. The van der Waals surface area contributed by atoms with Crippen molar-refractivity contribution in [2.45, 2.75) is 31.6 Å². The summed E-state index contributed by atoms with van der Waals surface area (Å²) in [5.41, 5.74) is 2.67. The van der Waals surface area contributed by atoms with E-state index in [9.17, 15) is 13.2 Å². The summed E-state index contributed by atoms with van der Waals surface area (Å²) in [7, 11) is -4.02. The molecular formula is C21H23N3O4S. The number of rotatable bonds is 8. The topological polar surface area (TPSA) is 112 Å². The van der Waals surface area contributed by atoms with Crippen molar-refractivity contribution in [2.75, 3.05) is 11.1 Å². The fraction of sp³-hybridized carbons (Fsp3) is 0.333. The van der Waals surface area contributed by atoms with Gasteiger partial charge < -0.3 is 10.3 Å². The molecule has 1 aliphatic rings. The number of pyridine rings is 1. The SMILES string of the molecule is O=C(Nc1cc(C(CCCS(=O)(=O)O)c2ccccc2)c2cc[nH]c2n1)C1CC1. The first-order valence-corrected chi connectivity index (χ1v) is 11.3. The van der Waals surface area contributed by atoms with Gasteiger partial charge in [0.15, 0.2) is 0 Å². The van der Waals surface area contributed by atoms with E-state index in [4.69, 9.17) is 4.55 Å². The lowest BCUT2D eigenvalue weighted by Crippen LogP contribution is -2.15. The average Bonchev–Trinajstić information content (AvgIpc) is 3.43. The Balaban J connectivity index is 1.71. The Labute approximate surface area is 169 Å². The van der Waals surface area contributed by atoms with E-state index in [0.29, 0.717) is 24.3 Å². The van der Waals surface area contributed by atoms with Crippen LogP contribution in [0.5, 0.6) is 0 Å². The molecule has 1 atom stereocenters. The molecule has 0 saturated heterocycles. The fourth-order valence-electron chi connectivity index (χ4n) is 3.65. The maximum atomic E-state index is 12.2. The van der Waals surface area contributed by atoms with E-state index in [1.54, 1.807) is 6.20 Å². The Kier molecular flexibility index (Phi) is 5.38. The van der Waals surface area contributed by atoms with Gasteiger partial charge in [-0.05, 0) is 48.9 Å². The van der Waals surface area contributed by atoms with E-state index in [2.05, 4.69) is 15.3 Å². The molecule has 152 valence electrons. The van der Waals surface area contributed by atoms with Crippen LogP contribution in [0.1, 0.15) is 42.7 Å². The monoisotopic (exact) mass is 413 g/mol. The molecule has 2 aromatic heterocycles. The lowest BCUT2D eigenvalue weighted by Gasteiger charge is -2.20. The smallest absolute Gasteiger partial charge is 0.264 e. The molecule has 1 aliphatic carbocycles. The third kappa shape index (κ3) is 4.83. The first-order valence-electron chi connectivity index (χ1n) is 9.70. The standard InChI is InChI=1S/C21H23N3O4S/c25-21(15-8-9-15)24-19-13-18(17-10-11-22-20(17)23-19)16(7-4-12-29(26,27)28)14-5-2-1-3-6-14/h1-3,5-6,10-11,13,15-16H,4,7-9,12H2,(H,26,27,28)(H2,22,23,24,25). The Morgan fingerprint density at radius 2 is 2.00 bits per heavy atom. The van der Waals surface area contributed by atoms with Crippen molar-refractivity contribution in [1.82, 2.24) is 9.97 Å². The predicted molar refractivity (Wildman–Crippen MR) is 111 cm³/mol. The first kappa shape index (κ1) is 19.6. The van der Waals surface area contributed by atoms with Crippen LogP contribution in [0.15, 0.2) is 48.7 Å². The van der Waals surface area contributed by atoms with Crippen molar-refractivity contribution in [3.8, 4) is 0 Å². The summed E-state index contributed by atoms with van der Waals surface area (Å²) in [6.07, 6.45) is 4.46. The van der Waals surface area contributed by atoms with Gasteiger partial charge in [-0.1, -0.05) is 30.3 Å². The van der Waals surface area contributed by atoms with Gasteiger partial charge in [-0.25, -0.2) is 4.98 Å². The van der Waals surface area contributed by atoms with Gasteiger partial charge in [0.05, 0.1) is 5.75 Å². The third-order valence-corrected chi connectivity index (χ3v) is 6.04. The van der Waals surface area contributed by atoms with Crippen molar-refractivity contribution in [3.63, 3.8) is 0 Å². The highest BCUT2D eigenvalue weighted by Crippen LogP contribution is 2.36. The van der Waals surface area contributed by atoms with Crippen LogP contribution in [0.25, 0.3) is 11.0 Å². The number of carbonyl (C=O) groups is 1. The number of nitrogens with zero attached hydrogens (tertiary/aromatic N) is 1. The molecule has 0 spiro atoms. The van der Waals surface area contributed by atoms with Gasteiger partial charge in [0, 0.05) is 23.4 Å². The first-order chi connectivity index (χ1) is 13.9. The number of aromatic amines is 1. The van der Waals surface area contributed by atoms with Crippen LogP contribution in [0.3, 0.4) is 0 Å². The summed E-state index contributed by atoms with van der Waals surface area (Å²) in [6.45, 7) is 0. The average molecular weight is 413 g/mol. The normalized spacial score (nSPS) is 15.3. The quantitative estimate of drug-likeness (QED) is 0.487. The molecule has 7 nitrogen and oxygen atoms in total. The van der Waals surface area contributed by atoms with E-state index < -0.39 is 10.1 Å². The fourth-order valence-corrected chi connectivity index (χ4v) is 4.18. The summed E-state index contributed by atoms with van der Waals surface area (Å²) >= 11 is 0. The van der Waals surface area contributed by atoms with E-state index >= 15 is 0 Å². The van der Waals surface area contributed by atoms with E-state index in [1.165, 1.54) is 0 Å². The van der Waals surface area contributed by atoms with Crippen LogP contribution in [0.4, 0.5) is 5.82 Å². The van der Waals surface area contributed by atoms with Gasteiger partial charge in [-0.3, -0.25) is 9.35 Å². The second kappa shape index (κ2) is 7.96. The van der Waals surface area contributed by atoms with Crippen molar-refractivity contribution < 1.29 is 17.8 Å². The summed E-state index contributed by atoms with van der Waals surface area (Å²) < 4.78 is 31.5. The second-order valence-electron chi connectivity index (χ2n) is 7.49. The van der Waals surface area contributed by atoms with E-state index in [0.717, 1.165) is 29.4 Å². The number of H-pyrrole nitrogens is 1. The molecule has 0 radical (unpaired) electrons. The van der Waals surface area contributed by atoms with Gasteiger partial charge in [-0.2, -0.15) is 8.42 Å². The molecule has 0 bridgehead atoms. The van der Waals surface area contributed by atoms with Crippen molar-refractivity contribution in [3.05, 3.63) is 59.8 Å². The van der Waals surface area contributed by atoms with Crippen LogP contribution >= 0.6 is 0 Å². The number of aromatic nitrogens is 2. The molecule has 1 aromatic carbocycles. The minimum atomic E-state index is -4.02. The molecule has 4 rings (SSSR count). The Bertz CT molecular complexity index is 1120. The van der Waals surface area contributed by atoms with Crippen LogP contribution in [0.2, 0.25) is 0 Å². The van der Waals surface area contributed by atoms with Crippen LogP contribution in [-0.4, -0.2) is 34.6 Å². The maximum Gasteiger partial charge on any atom is 0.264 e. The maximum absolute atomic E-state index is 12.2. The molecule has 3 aromatic rings. The molecule has 8 heteroatoms. The van der Waals surface area contributed by atoms with Crippen LogP contribution in [-0.2, 0) is 14.9 Å². The van der Waals surface area contributed by atoms with Crippen LogP contribution < -0.4 is 5.32 Å². The van der Waals surface area contributed by atoms with Gasteiger partial charge >= 0.3 is 0 Å². The number of hydrogen-bond acceptors (Lipinski definition) is 4.